The number of hydrogen-bond donors (Lipinski definition) is 3. The van der Waals surface area contributed by atoms with E-state index < -0.39 is 11.9 Å². The molecular weight excluding hydrogens is 482 g/mol. The van der Waals surface area contributed by atoms with Gasteiger partial charge in [-0.15, -0.1) is 10.2 Å². The highest BCUT2D eigenvalue weighted by Crippen LogP contribution is 2.21. The van der Waals surface area contributed by atoms with Gasteiger partial charge >= 0.3 is 11.9 Å². The highest BCUT2D eigenvalue weighted by atomic mass is 16.5. The fourth-order valence-corrected chi connectivity index (χ4v) is 2.63. The van der Waals surface area contributed by atoms with Gasteiger partial charge in [0.15, 0.2) is 0 Å². The summed E-state index contributed by atoms with van der Waals surface area (Å²) in [6.07, 6.45) is 0. The molecule has 0 aliphatic heterocycles. The molecule has 2 aromatic carbocycles. The van der Waals surface area contributed by atoms with Crippen LogP contribution in [0.25, 0.3) is 0 Å². The summed E-state index contributed by atoms with van der Waals surface area (Å²) in [4.78, 5) is 36.2. The van der Waals surface area contributed by atoms with Gasteiger partial charge in [-0.25, -0.2) is 9.59 Å². The van der Waals surface area contributed by atoms with Crippen molar-refractivity contribution in [1.82, 2.24) is 0 Å². The van der Waals surface area contributed by atoms with Crippen molar-refractivity contribution in [2.75, 3.05) is 18.5 Å². The molecule has 0 bridgehead atoms. The van der Waals surface area contributed by atoms with Gasteiger partial charge in [-0.2, -0.15) is 10.2 Å². The van der Waals surface area contributed by atoms with Gasteiger partial charge in [0.25, 0.3) is 5.91 Å². The van der Waals surface area contributed by atoms with Crippen LogP contribution in [0.4, 0.5) is 17.1 Å². The number of allylic oxidation sites excluding steroid dienone is 2. The molecule has 0 aliphatic rings. The zero-order valence-corrected chi connectivity index (χ0v) is 20.8. The first-order chi connectivity index (χ1) is 17.7. The van der Waals surface area contributed by atoms with E-state index in [1.54, 1.807) is 38.1 Å². The van der Waals surface area contributed by atoms with Crippen molar-refractivity contribution in [3.63, 3.8) is 0 Å². The summed E-state index contributed by atoms with van der Waals surface area (Å²) in [5.41, 5.74) is 0.932. The zero-order valence-electron chi connectivity index (χ0n) is 20.8. The fourth-order valence-electron chi connectivity index (χ4n) is 2.63. The number of hydrogen-bond acceptors (Lipinski definition) is 11. The van der Waals surface area contributed by atoms with E-state index in [2.05, 4.69) is 25.8 Å². The molecule has 0 unspecified atom stereocenters. The number of esters is 2. The number of azo groups is 2. The molecule has 0 aliphatic carbocycles. The van der Waals surface area contributed by atoms with Gasteiger partial charge in [0.1, 0.15) is 11.5 Å². The third-order valence-corrected chi connectivity index (χ3v) is 4.41. The molecule has 12 heteroatoms. The fraction of sp³-hybridized carbons (Fsp3) is 0.240. The van der Waals surface area contributed by atoms with Crippen LogP contribution in [-0.4, -0.2) is 41.3 Å². The number of nitrogens with zero attached hydrogens (tertiary/aromatic N) is 4. The van der Waals surface area contributed by atoms with Crippen molar-refractivity contribution >= 4 is 34.9 Å². The molecule has 37 heavy (non-hydrogen) atoms. The van der Waals surface area contributed by atoms with Crippen LogP contribution in [0.3, 0.4) is 0 Å². The molecule has 0 fully saturated rings. The van der Waals surface area contributed by atoms with E-state index in [9.17, 15) is 24.6 Å². The second-order valence-corrected chi connectivity index (χ2v) is 7.26. The zero-order chi connectivity index (χ0) is 27.4. The highest BCUT2D eigenvalue weighted by molar-refractivity contribution is 6.04. The molecule has 0 saturated heterocycles. The summed E-state index contributed by atoms with van der Waals surface area (Å²) in [6.45, 7) is 6.10. The van der Waals surface area contributed by atoms with E-state index in [-0.39, 0.29) is 42.0 Å². The minimum Gasteiger partial charge on any atom is -0.510 e. The van der Waals surface area contributed by atoms with Crippen LogP contribution in [-0.2, 0) is 19.1 Å². The van der Waals surface area contributed by atoms with E-state index >= 15 is 0 Å². The highest BCUT2D eigenvalue weighted by Gasteiger charge is 2.15. The van der Waals surface area contributed by atoms with Gasteiger partial charge < -0.3 is 25.0 Å². The first kappa shape index (κ1) is 28.4. The summed E-state index contributed by atoms with van der Waals surface area (Å²) in [6, 6.07) is 12.4. The molecule has 0 aromatic heterocycles. The van der Waals surface area contributed by atoms with Crippen molar-refractivity contribution in [1.29, 1.82) is 0 Å². The number of aliphatic hydroxyl groups excluding tert-OH is 2. The van der Waals surface area contributed by atoms with Crippen molar-refractivity contribution in [3.8, 4) is 0 Å². The Bertz CT molecular complexity index is 1240. The van der Waals surface area contributed by atoms with E-state index in [1.807, 2.05) is 0 Å². The molecule has 12 nitrogen and oxygen atoms in total. The number of carbonyl (C=O) groups excluding carboxylic acids is 3. The van der Waals surface area contributed by atoms with Crippen LogP contribution in [0.15, 0.2) is 91.9 Å². The Labute approximate surface area is 213 Å². The molecule has 2 rings (SSSR count). The number of anilines is 1. The summed E-state index contributed by atoms with van der Waals surface area (Å²) >= 11 is 0. The minimum atomic E-state index is -0.797. The summed E-state index contributed by atoms with van der Waals surface area (Å²) < 4.78 is 9.63. The van der Waals surface area contributed by atoms with E-state index in [4.69, 9.17) is 9.47 Å². The Kier molecular flexibility index (Phi) is 10.6. The lowest BCUT2D eigenvalue weighted by Crippen LogP contribution is -2.11. The molecule has 0 spiro atoms. The predicted molar refractivity (Wildman–Crippen MR) is 134 cm³/mol. The van der Waals surface area contributed by atoms with Gasteiger partial charge in [-0.3, -0.25) is 4.79 Å². The SMILES string of the molecule is CCOC(=O)/C(N=Nc1ccc(NC(=O)c2ccc(N=N/C(C(=O)OCC)=C(/C)O)cc2)cc1)=C(\C)O. The summed E-state index contributed by atoms with van der Waals surface area (Å²) in [7, 11) is 0. The Morgan fingerprint density at radius 3 is 1.51 bits per heavy atom. The molecular formula is C25H27N5O7. The van der Waals surface area contributed by atoms with Crippen molar-refractivity contribution in [2.24, 2.45) is 20.5 Å². The molecule has 2 aromatic rings. The van der Waals surface area contributed by atoms with Crippen molar-refractivity contribution < 1.29 is 34.1 Å². The Balaban J connectivity index is 2.04. The van der Waals surface area contributed by atoms with Crippen molar-refractivity contribution in [2.45, 2.75) is 27.7 Å². The predicted octanol–water partition coefficient (Wildman–Crippen LogP) is 5.81. The second-order valence-electron chi connectivity index (χ2n) is 7.26. The monoisotopic (exact) mass is 509 g/mol. The largest absolute Gasteiger partial charge is 0.510 e. The lowest BCUT2D eigenvalue weighted by atomic mass is 10.2. The Hall–Kier alpha value is -4.87. The van der Waals surface area contributed by atoms with Gasteiger partial charge in [-0.05, 0) is 76.2 Å². The number of amides is 1. The Morgan fingerprint density at radius 1 is 0.730 bits per heavy atom. The van der Waals surface area contributed by atoms with Crippen LogP contribution >= 0.6 is 0 Å². The topological polar surface area (TPSA) is 172 Å². The molecule has 0 saturated carbocycles. The normalized spacial score (nSPS) is 12.6. The van der Waals surface area contributed by atoms with E-state index in [0.29, 0.717) is 22.6 Å². The van der Waals surface area contributed by atoms with Gasteiger partial charge in [0, 0.05) is 11.3 Å². The minimum absolute atomic E-state index is 0.124. The van der Waals surface area contributed by atoms with Crippen LogP contribution in [0.5, 0.6) is 0 Å². The first-order valence-electron chi connectivity index (χ1n) is 11.1. The number of nitrogens with one attached hydrogen (secondary N) is 1. The molecule has 3 N–H and O–H groups in total. The maximum absolute atomic E-state index is 12.6. The smallest absolute Gasteiger partial charge is 0.362 e. The number of ether oxygens (including phenoxy) is 2. The average molecular weight is 510 g/mol. The number of aliphatic hydroxyl groups is 2. The third kappa shape index (κ3) is 8.69. The van der Waals surface area contributed by atoms with Gasteiger partial charge in [0.05, 0.1) is 24.6 Å². The number of benzene rings is 2. The maximum atomic E-state index is 12.6. The van der Waals surface area contributed by atoms with Gasteiger partial charge in [-0.1, -0.05) is 0 Å². The summed E-state index contributed by atoms with van der Waals surface area (Å²) in [5, 5.41) is 37.2. The van der Waals surface area contributed by atoms with Gasteiger partial charge in [0.2, 0.25) is 11.4 Å². The molecule has 0 atom stereocenters. The quantitative estimate of drug-likeness (QED) is 0.157. The third-order valence-electron chi connectivity index (χ3n) is 4.41. The number of carbonyl (C=O) groups is 3. The van der Waals surface area contributed by atoms with Crippen molar-refractivity contribution in [3.05, 3.63) is 77.0 Å². The van der Waals surface area contributed by atoms with Crippen LogP contribution in [0.2, 0.25) is 0 Å². The average Bonchev–Trinajstić information content (AvgIpc) is 2.85. The Morgan fingerprint density at radius 2 is 1.14 bits per heavy atom. The van der Waals surface area contributed by atoms with Crippen LogP contribution in [0.1, 0.15) is 38.1 Å². The van der Waals surface area contributed by atoms with Crippen LogP contribution < -0.4 is 5.32 Å². The lowest BCUT2D eigenvalue weighted by molar-refractivity contribution is -0.139. The molecule has 0 radical (unpaired) electrons. The van der Waals surface area contributed by atoms with E-state index in [0.717, 1.165) is 0 Å². The lowest BCUT2D eigenvalue weighted by Gasteiger charge is -2.06. The molecule has 0 heterocycles. The maximum Gasteiger partial charge on any atom is 0.362 e. The first-order valence-corrected chi connectivity index (χ1v) is 11.1. The summed E-state index contributed by atoms with van der Waals surface area (Å²) in [5.74, 6) is -2.63. The second kappa shape index (κ2) is 13.9. The molecule has 194 valence electrons. The molecule has 1 amide bonds. The van der Waals surface area contributed by atoms with Crippen LogP contribution in [0, 0.1) is 0 Å². The standard InChI is InChI=1S/C25H27N5O7/c1-5-36-24(34)21(15(3)31)29-27-19-9-7-17(8-10-19)23(33)26-18-11-13-20(14-12-18)28-30-22(16(4)32)25(35)37-6-2/h7-14,31-32H,5-6H2,1-4H3,(H,26,33)/b21-15-,22-16-,29-27?,30-28?. The number of rotatable bonds is 10. The van der Waals surface area contributed by atoms with E-state index in [1.165, 1.54) is 38.1 Å².